The second kappa shape index (κ2) is 11.6. The number of nitrogens with zero attached hydrogens (tertiary/aromatic N) is 2. The average Bonchev–Trinajstić information content (AvgIpc) is 3.14. The summed E-state index contributed by atoms with van der Waals surface area (Å²) in [7, 11) is 0. The molecule has 0 unspecified atom stereocenters. The van der Waals surface area contributed by atoms with Crippen molar-refractivity contribution in [2.24, 2.45) is 4.99 Å². The normalized spacial score (nSPS) is 15.8. The van der Waals surface area contributed by atoms with Gasteiger partial charge in [-0.1, -0.05) is 54.6 Å². The van der Waals surface area contributed by atoms with Gasteiger partial charge in [-0.25, -0.2) is 4.99 Å². The Kier molecular flexibility index (Phi) is 8.04. The third kappa shape index (κ3) is 5.88. The van der Waals surface area contributed by atoms with E-state index in [0.717, 1.165) is 17.7 Å². The summed E-state index contributed by atoms with van der Waals surface area (Å²) in [6.45, 7) is 5.54. The van der Waals surface area contributed by atoms with Gasteiger partial charge < -0.3 is 9.47 Å². The standard InChI is InChI=1S/C28H28N2O3S/c1-3-32-24-16-15-22(19-25(24)33-4-2)20-26-27(31)30(18-17-21-11-7-5-8-12-21)28(34-26)29-23-13-9-6-10-14-23/h5-16,19-20H,3-4,17-18H2,1-2H3/b26-20+,29-28?. The molecule has 174 valence electrons. The summed E-state index contributed by atoms with van der Waals surface area (Å²) < 4.78 is 11.4. The Bertz CT molecular complexity index is 1180. The zero-order valence-corrected chi connectivity index (χ0v) is 20.3. The van der Waals surface area contributed by atoms with E-state index in [2.05, 4.69) is 12.1 Å². The second-order valence-electron chi connectivity index (χ2n) is 7.61. The highest BCUT2D eigenvalue weighted by atomic mass is 32.2. The molecule has 4 rings (SSSR count). The Labute approximate surface area is 205 Å². The van der Waals surface area contributed by atoms with Crippen molar-refractivity contribution in [1.82, 2.24) is 4.90 Å². The Hall–Kier alpha value is -3.51. The summed E-state index contributed by atoms with van der Waals surface area (Å²) in [4.78, 5) is 20.6. The van der Waals surface area contributed by atoms with Gasteiger partial charge in [0.2, 0.25) is 0 Å². The van der Waals surface area contributed by atoms with Gasteiger partial charge in [0.1, 0.15) is 0 Å². The molecule has 1 saturated heterocycles. The number of thioether (sulfide) groups is 1. The molecule has 0 radical (unpaired) electrons. The number of para-hydroxylation sites is 1. The Morgan fingerprint density at radius 3 is 2.26 bits per heavy atom. The zero-order valence-electron chi connectivity index (χ0n) is 19.4. The summed E-state index contributed by atoms with van der Waals surface area (Å²) in [6, 6.07) is 25.6. The highest BCUT2D eigenvalue weighted by Crippen LogP contribution is 2.36. The molecule has 0 saturated carbocycles. The largest absolute Gasteiger partial charge is 0.490 e. The van der Waals surface area contributed by atoms with Crippen molar-refractivity contribution in [3.63, 3.8) is 0 Å². The van der Waals surface area contributed by atoms with Crippen LogP contribution in [-0.4, -0.2) is 35.7 Å². The third-order valence-corrected chi connectivity index (χ3v) is 6.21. The quantitative estimate of drug-likeness (QED) is 0.342. The average molecular weight is 473 g/mol. The van der Waals surface area contributed by atoms with Crippen molar-refractivity contribution >= 4 is 34.6 Å². The van der Waals surface area contributed by atoms with Gasteiger partial charge in [-0.05, 0) is 73.5 Å². The zero-order chi connectivity index (χ0) is 23.8. The first-order chi connectivity index (χ1) is 16.7. The molecule has 1 fully saturated rings. The molecule has 0 spiro atoms. The fourth-order valence-electron chi connectivity index (χ4n) is 3.60. The van der Waals surface area contributed by atoms with Crippen LogP contribution in [0.25, 0.3) is 6.08 Å². The first kappa shape index (κ1) is 23.6. The van der Waals surface area contributed by atoms with E-state index in [1.165, 1.54) is 17.3 Å². The van der Waals surface area contributed by atoms with Crippen LogP contribution >= 0.6 is 11.8 Å². The number of ether oxygens (including phenoxy) is 2. The first-order valence-corrected chi connectivity index (χ1v) is 12.3. The van der Waals surface area contributed by atoms with Crippen molar-refractivity contribution < 1.29 is 14.3 Å². The number of amidine groups is 1. The molecule has 6 heteroatoms. The minimum atomic E-state index is -0.0394. The molecule has 5 nitrogen and oxygen atoms in total. The van der Waals surface area contributed by atoms with Gasteiger partial charge in [0.25, 0.3) is 5.91 Å². The topological polar surface area (TPSA) is 51.1 Å². The Morgan fingerprint density at radius 1 is 0.882 bits per heavy atom. The SMILES string of the molecule is CCOc1ccc(/C=C2/SC(=Nc3ccccc3)N(CCc3ccccc3)C2=O)cc1OCC. The molecule has 3 aromatic rings. The Balaban J connectivity index is 1.63. The van der Waals surface area contributed by atoms with Crippen molar-refractivity contribution in [1.29, 1.82) is 0 Å². The Morgan fingerprint density at radius 2 is 1.56 bits per heavy atom. The summed E-state index contributed by atoms with van der Waals surface area (Å²) in [5.74, 6) is 1.34. The van der Waals surface area contributed by atoms with Crippen LogP contribution in [0.2, 0.25) is 0 Å². The van der Waals surface area contributed by atoms with E-state index in [1.54, 1.807) is 4.90 Å². The predicted molar refractivity (Wildman–Crippen MR) is 140 cm³/mol. The number of hydrogen-bond donors (Lipinski definition) is 0. The lowest BCUT2D eigenvalue weighted by atomic mass is 10.1. The van der Waals surface area contributed by atoms with Gasteiger partial charge >= 0.3 is 0 Å². The number of amides is 1. The van der Waals surface area contributed by atoms with Gasteiger partial charge in [0.05, 0.1) is 23.8 Å². The van der Waals surface area contributed by atoms with Crippen LogP contribution < -0.4 is 9.47 Å². The van der Waals surface area contributed by atoms with Crippen molar-refractivity contribution in [2.45, 2.75) is 20.3 Å². The summed E-state index contributed by atoms with van der Waals surface area (Å²) in [6.07, 6.45) is 2.65. The number of carbonyl (C=O) groups excluding carboxylic acids is 1. The molecule has 1 heterocycles. The fraction of sp³-hybridized carbons (Fsp3) is 0.214. The van der Waals surface area contributed by atoms with E-state index in [9.17, 15) is 4.79 Å². The lowest BCUT2D eigenvalue weighted by molar-refractivity contribution is -0.122. The minimum Gasteiger partial charge on any atom is -0.490 e. The van der Waals surface area contributed by atoms with Gasteiger partial charge in [-0.2, -0.15) is 0 Å². The molecular weight excluding hydrogens is 444 g/mol. The summed E-state index contributed by atoms with van der Waals surface area (Å²) in [5.41, 5.74) is 2.89. The van der Waals surface area contributed by atoms with Crippen LogP contribution in [0.1, 0.15) is 25.0 Å². The van der Waals surface area contributed by atoms with Gasteiger partial charge in [-0.15, -0.1) is 0 Å². The molecule has 0 atom stereocenters. The molecule has 1 aliphatic heterocycles. The highest BCUT2D eigenvalue weighted by molar-refractivity contribution is 8.18. The van der Waals surface area contributed by atoms with E-state index < -0.39 is 0 Å². The number of aliphatic imine (C=N–C) groups is 1. The molecule has 0 aromatic heterocycles. The van der Waals surface area contributed by atoms with Crippen LogP contribution in [0.15, 0.2) is 88.8 Å². The van der Waals surface area contributed by atoms with E-state index in [-0.39, 0.29) is 5.91 Å². The van der Waals surface area contributed by atoms with Gasteiger partial charge in [-0.3, -0.25) is 9.69 Å². The summed E-state index contributed by atoms with van der Waals surface area (Å²) in [5, 5.41) is 0.689. The lowest BCUT2D eigenvalue weighted by Crippen LogP contribution is -2.31. The molecule has 1 amide bonds. The van der Waals surface area contributed by atoms with Gasteiger partial charge in [0, 0.05) is 6.54 Å². The molecule has 0 bridgehead atoms. The van der Waals surface area contributed by atoms with Crippen molar-refractivity contribution in [3.8, 4) is 11.5 Å². The van der Waals surface area contributed by atoms with Crippen LogP contribution in [0.4, 0.5) is 5.69 Å². The monoisotopic (exact) mass is 472 g/mol. The minimum absolute atomic E-state index is 0.0394. The number of rotatable bonds is 9. The summed E-state index contributed by atoms with van der Waals surface area (Å²) >= 11 is 1.40. The maximum atomic E-state index is 13.4. The second-order valence-corrected chi connectivity index (χ2v) is 8.61. The van der Waals surface area contributed by atoms with E-state index >= 15 is 0 Å². The fourth-order valence-corrected chi connectivity index (χ4v) is 4.62. The molecule has 0 N–H and O–H groups in total. The first-order valence-electron chi connectivity index (χ1n) is 11.5. The molecular formula is C28H28N2O3S. The molecule has 1 aliphatic rings. The van der Waals surface area contributed by atoms with Crippen LogP contribution in [0.5, 0.6) is 11.5 Å². The van der Waals surface area contributed by atoms with E-state index in [0.29, 0.717) is 41.3 Å². The van der Waals surface area contributed by atoms with Crippen molar-refractivity contribution in [3.05, 3.63) is 94.9 Å². The lowest BCUT2D eigenvalue weighted by Gasteiger charge is -2.15. The molecule has 3 aromatic carbocycles. The highest BCUT2D eigenvalue weighted by Gasteiger charge is 2.33. The third-order valence-electron chi connectivity index (χ3n) is 5.20. The molecule has 0 aliphatic carbocycles. The van der Waals surface area contributed by atoms with E-state index in [4.69, 9.17) is 14.5 Å². The number of carbonyl (C=O) groups is 1. The number of hydrogen-bond acceptors (Lipinski definition) is 5. The number of benzene rings is 3. The molecule has 34 heavy (non-hydrogen) atoms. The predicted octanol–water partition coefficient (Wildman–Crippen LogP) is 6.33. The van der Waals surface area contributed by atoms with Gasteiger partial charge in [0.15, 0.2) is 16.7 Å². The van der Waals surface area contributed by atoms with E-state index in [1.807, 2.05) is 86.7 Å². The maximum absolute atomic E-state index is 13.4. The van der Waals surface area contributed by atoms with Crippen LogP contribution in [-0.2, 0) is 11.2 Å². The van der Waals surface area contributed by atoms with Crippen molar-refractivity contribution in [2.75, 3.05) is 19.8 Å². The van der Waals surface area contributed by atoms with Crippen LogP contribution in [0.3, 0.4) is 0 Å². The maximum Gasteiger partial charge on any atom is 0.266 e. The van der Waals surface area contributed by atoms with Crippen LogP contribution in [0, 0.1) is 0 Å². The smallest absolute Gasteiger partial charge is 0.266 e.